The molecule has 0 fully saturated rings. The van der Waals surface area contributed by atoms with Gasteiger partial charge in [-0.15, -0.1) is 0 Å². The third-order valence-electron chi connectivity index (χ3n) is 1.36. The van der Waals surface area contributed by atoms with Gasteiger partial charge in [-0.05, 0) is 13.3 Å². The average molecular weight is 128 g/mol. The first-order valence-electron chi connectivity index (χ1n) is 3.14. The molecule has 9 heavy (non-hydrogen) atoms. The Morgan fingerprint density at radius 2 is 2.00 bits per heavy atom. The zero-order valence-electron chi connectivity index (χ0n) is 6.56. The Kier molecular flexibility index (Phi) is 3.93. The molecule has 0 radical (unpaired) electrons. The van der Waals surface area contributed by atoms with Crippen molar-refractivity contribution in [2.75, 3.05) is 7.05 Å². The number of nitrogens with zero attached hydrogens (tertiary/aromatic N) is 1. The molecular weight excluding hydrogens is 114 g/mol. The topological polar surface area (TPSA) is 23.7 Å². The molecular formula is C7H14NO+. The first kappa shape index (κ1) is 8.34. The maximum Gasteiger partial charge on any atom is 0.371 e. The Hall–Kier alpha value is -0.660. The van der Waals surface area contributed by atoms with Crippen LogP contribution in [-0.4, -0.2) is 7.05 Å². The molecule has 0 rings (SSSR count). The Labute approximate surface area is 56.3 Å². The van der Waals surface area contributed by atoms with Crippen LogP contribution >= 0.6 is 0 Å². The predicted octanol–water partition coefficient (Wildman–Crippen LogP) is 2.62. The lowest BCUT2D eigenvalue weighted by Crippen LogP contribution is -1.78. The molecule has 0 aliphatic heterocycles. The summed E-state index contributed by atoms with van der Waals surface area (Å²) in [7, 11) is 1.63. The van der Waals surface area contributed by atoms with Crippen molar-refractivity contribution in [2.45, 2.75) is 27.2 Å². The molecule has 0 saturated heterocycles. The highest BCUT2D eigenvalue weighted by Gasteiger charge is 2.03. The van der Waals surface area contributed by atoms with E-state index >= 15 is 0 Å². The summed E-state index contributed by atoms with van der Waals surface area (Å²) in [6.07, 6.45) is 1.03. The molecule has 0 bridgehead atoms. The monoisotopic (exact) mass is 128 g/mol. The first-order chi connectivity index (χ1) is 4.22. The van der Waals surface area contributed by atoms with Gasteiger partial charge in [0.25, 0.3) is 0 Å². The van der Waals surface area contributed by atoms with Gasteiger partial charge in [0, 0.05) is 5.57 Å². The second kappa shape index (κ2) is 4.24. The summed E-state index contributed by atoms with van der Waals surface area (Å²) < 4.78 is 4.90. The third kappa shape index (κ3) is 3.01. The minimum absolute atomic E-state index is 0.917. The lowest BCUT2D eigenvalue weighted by molar-refractivity contribution is 1.06. The molecule has 0 atom stereocenters. The molecule has 0 aromatic carbocycles. The van der Waals surface area contributed by atoms with Crippen molar-refractivity contribution in [3.8, 4) is 0 Å². The molecule has 0 unspecified atom stereocenters. The predicted molar refractivity (Wildman–Crippen MR) is 40.4 cm³/mol. The van der Waals surface area contributed by atoms with Crippen molar-refractivity contribution in [3.05, 3.63) is 15.9 Å². The summed E-state index contributed by atoms with van der Waals surface area (Å²) in [6.45, 7) is 6.06. The van der Waals surface area contributed by atoms with Gasteiger partial charge in [0.2, 0.25) is 0 Å². The maximum absolute atomic E-state index is 4.90. The molecule has 52 valence electrons. The molecule has 0 aliphatic rings. The van der Waals surface area contributed by atoms with E-state index in [4.69, 9.17) is 4.54 Å². The summed E-state index contributed by atoms with van der Waals surface area (Å²) in [5, 5.41) is 3.55. The maximum atomic E-state index is 4.90. The number of nitroso groups, excluding NO2 is 1. The van der Waals surface area contributed by atoms with Gasteiger partial charge >= 0.3 is 5.76 Å². The van der Waals surface area contributed by atoms with Gasteiger partial charge in [-0.3, -0.25) is 0 Å². The van der Waals surface area contributed by atoms with Gasteiger partial charge in [-0.1, -0.05) is 11.5 Å². The Bertz CT molecular complexity index is 136. The zero-order chi connectivity index (χ0) is 7.28. The van der Waals surface area contributed by atoms with Crippen molar-refractivity contribution in [3.63, 3.8) is 0 Å². The average Bonchev–Trinajstić information content (AvgIpc) is 1.87. The molecule has 0 saturated carbocycles. The van der Waals surface area contributed by atoms with Crippen LogP contribution in [0.5, 0.6) is 0 Å². The van der Waals surface area contributed by atoms with Crippen molar-refractivity contribution in [1.29, 1.82) is 0 Å². The largest absolute Gasteiger partial charge is 0.371 e. The lowest BCUT2D eigenvalue weighted by Gasteiger charge is -1.84. The second-order valence-electron chi connectivity index (χ2n) is 1.96. The Morgan fingerprint density at radius 1 is 1.44 bits per heavy atom. The number of rotatable bonds is 2. The second-order valence-corrected chi connectivity index (χ2v) is 1.96. The highest BCUT2D eigenvalue weighted by atomic mass is 16.5. The van der Waals surface area contributed by atoms with E-state index in [0.29, 0.717) is 0 Å². The third-order valence-corrected chi connectivity index (χ3v) is 1.36. The SMILES string of the molecule is CC/C(C)=C(/C)[O+]=NC. The molecule has 0 aliphatic carbocycles. The fourth-order valence-electron chi connectivity index (χ4n) is 0.464. The first-order valence-corrected chi connectivity index (χ1v) is 3.14. The fraction of sp³-hybridized carbons (Fsp3) is 0.714. The summed E-state index contributed by atoms with van der Waals surface area (Å²) >= 11 is 0. The van der Waals surface area contributed by atoms with Crippen LogP contribution in [0.25, 0.3) is 0 Å². The number of hydrogen-bond donors (Lipinski definition) is 0. The summed E-state index contributed by atoms with van der Waals surface area (Å²) in [4.78, 5) is 0. The van der Waals surface area contributed by atoms with E-state index in [1.165, 1.54) is 5.57 Å². The Balaban J connectivity index is 4.10. The molecule has 0 aromatic heterocycles. The van der Waals surface area contributed by atoms with E-state index in [-0.39, 0.29) is 0 Å². The van der Waals surface area contributed by atoms with Crippen LogP contribution in [0.2, 0.25) is 0 Å². The molecule has 0 amide bonds. The normalized spacial score (nSPS) is 14.2. The van der Waals surface area contributed by atoms with Crippen LogP contribution in [0.1, 0.15) is 27.2 Å². The van der Waals surface area contributed by atoms with Crippen molar-refractivity contribution in [1.82, 2.24) is 0 Å². The van der Waals surface area contributed by atoms with Crippen molar-refractivity contribution >= 4 is 0 Å². The molecule has 2 heteroatoms. The fourth-order valence-corrected chi connectivity index (χ4v) is 0.464. The van der Waals surface area contributed by atoms with Crippen LogP contribution in [0, 0.1) is 4.54 Å². The van der Waals surface area contributed by atoms with Gasteiger partial charge in [-0.2, -0.15) is 0 Å². The summed E-state index contributed by atoms with van der Waals surface area (Å²) in [6, 6.07) is 0. The number of allylic oxidation sites excluding steroid dienone is 2. The Morgan fingerprint density at radius 3 is 2.33 bits per heavy atom. The number of hydrogen-bond acceptors (Lipinski definition) is 1. The molecule has 2 nitrogen and oxygen atoms in total. The highest BCUT2D eigenvalue weighted by Crippen LogP contribution is 2.06. The van der Waals surface area contributed by atoms with E-state index in [1.807, 2.05) is 13.8 Å². The summed E-state index contributed by atoms with van der Waals surface area (Å²) in [5.41, 5.74) is 1.25. The van der Waals surface area contributed by atoms with Crippen molar-refractivity contribution < 1.29 is 0 Å². The molecule has 0 heterocycles. The van der Waals surface area contributed by atoms with Gasteiger partial charge in [-0.25, -0.2) is 0 Å². The van der Waals surface area contributed by atoms with Crippen molar-refractivity contribution in [2.24, 2.45) is 5.18 Å². The van der Waals surface area contributed by atoms with E-state index in [0.717, 1.165) is 12.2 Å². The van der Waals surface area contributed by atoms with Crippen LogP contribution in [0.4, 0.5) is 0 Å². The molecule has 0 N–H and O–H groups in total. The summed E-state index contributed by atoms with van der Waals surface area (Å²) in [5.74, 6) is 0.917. The van der Waals surface area contributed by atoms with Gasteiger partial charge in [0.15, 0.2) is 0 Å². The minimum atomic E-state index is 0.917. The zero-order valence-corrected chi connectivity index (χ0v) is 6.56. The van der Waals surface area contributed by atoms with E-state index < -0.39 is 0 Å². The quantitative estimate of drug-likeness (QED) is 0.403. The van der Waals surface area contributed by atoms with Crippen LogP contribution in [0.15, 0.2) is 16.5 Å². The van der Waals surface area contributed by atoms with E-state index in [9.17, 15) is 0 Å². The van der Waals surface area contributed by atoms with Gasteiger partial charge in [0.1, 0.15) is 12.2 Å². The molecule has 0 aromatic rings. The van der Waals surface area contributed by atoms with E-state index in [2.05, 4.69) is 12.1 Å². The van der Waals surface area contributed by atoms with Crippen LogP contribution in [0.3, 0.4) is 0 Å². The van der Waals surface area contributed by atoms with Crippen LogP contribution < -0.4 is 0 Å². The lowest BCUT2D eigenvalue weighted by atomic mass is 10.2. The van der Waals surface area contributed by atoms with Gasteiger partial charge < -0.3 is 0 Å². The molecule has 0 spiro atoms. The highest BCUT2D eigenvalue weighted by molar-refractivity contribution is 5.15. The smallest absolute Gasteiger partial charge is 0.0787 e. The van der Waals surface area contributed by atoms with Crippen LogP contribution in [-0.2, 0) is 0 Å². The van der Waals surface area contributed by atoms with Gasteiger partial charge in [0.05, 0.1) is 6.92 Å². The van der Waals surface area contributed by atoms with E-state index in [1.54, 1.807) is 7.05 Å². The standard InChI is InChI=1S/C7H14NO/c1-5-6(2)7(3)9-8-4/h5H2,1-4H3/q+1/b7-6-. The minimum Gasteiger partial charge on any atom is -0.0787 e.